The Labute approximate surface area is 206 Å². The fraction of sp³-hybridized carbons (Fsp3) is 0.741. The second-order valence-electron chi connectivity index (χ2n) is 11.3. The number of hydrogen-bond donors (Lipinski definition) is 2. The molecule has 188 valence electrons. The minimum Gasteiger partial charge on any atom is -0.450 e. The van der Waals surface area contributed by atoms with E-state index in [1.807, 2.05) is 26.8 Å². The highest BCUT2D eigenvalue weighted by molar-refractivity contribution is 6.21. The number of allylic oxidation sites excluding steroid dienone is 4. The van der Waals surface area contributed by atoms with Crippen LogP contribution in [0.15, 0.2) is 23.8 Å². The maximum absolute atomic E-state index is 13.4. The second kappa shape index (κ2) is 8.86. The molecular formula is C27H37ClO6. The van der Waals surface area contributed by atoms with Crippen LogP contribution in [-0.2, 0) is 19.1 Å². The first-order valence-corrected chi connectivity index (χ1v) is 13.0. The Morgan fingerprint density at radius 3 is 2.65 bits per heavy atom. The number of fused-ring (bicyclic) bond motifs is 5. The lowest BCUT2D eigenvalue weighted by Crippen LogP contribution is -2.65. The van der Waals surface area contributed by atoms with Gasteiger partial charge in [0, 0.05) is 34.5 Å². The van der Waals surface area contributed by atoms with Crippen molar-refractivity contribution in [1.82, 2.24) is 0 Å². The van der Waals surface area contributed by atoms with Gasteiger partial charge in [-0.3, -0.25) is 14.4 Å². The van der Waals surface area contributed by atoms with Gasteiger partial charge in [0.05, 0.1) is 6.10 Å². The zero-order chi connectivity index (χ0) is 25.1. The minimum absolute atomic E-state index is 0.0639. The highest BCUT2D eigenvalue weighted by atomic mass is 35.5. The number of Topliss-reactive ketones (excluding diaryl/α,β-unsaturated/α-hetero) is 1. The first-order valence-electron chi connectivity index (χ1n) is 12.6. The first kappa shape index (κ1) is 25.6. The monoisotopic (exact) mass is 492 g/mol. The van der Waals surface area contributed by atoms with Crippen molar-refractivity contribution in [2.75, 3.05) is 6.61 Å². The number of hydrogen-bond acceptors (Lipinski definition) is 6. The number of alkyl halides is 1. The molecule has 0 bridgehead atoms. The molecule has 0 unspecified atom stereocenters. The number of ketones is 2. The van der Waals surface area contributed by atoms with E-state index in [2.05, 4.69) is 6.92 Å². The molecule has 0 saturated heterocycles. The number of unbranched alkanes of at least 4 members (excludes halogenated alkanes) is 1. The Morgan fingerprint density at radius 1 is 1.29 bits per heavy atom. The van der Waals surface area contributed by atoms with Crippen molar-refractivity contribution in [3.63, 3.8) is 0 Å². The van der Waals surface area contributed by atoms with E-state index in [4.69, 9.17) is 16.3 Å². The lowest BCUT2D eigenvalue weighted by Gasteiger charge is -2.61. The van der Waals surface area contributed by atoms with Gasteiger partial charge in [0.25, 0.3) is 0 Å². The molecule has 0 aromatic carbocycles. The third-order valence-electron chi connectivity index (χ3n) is 9.59. The largest absolute Gasteiger partial charge is 0.450 e. The average Bonchev–Trinajstić information content (AvgIpc) is 2.99. The molecule has 0 aromatic rings. The molecule has 0 heterocycles. The summed E-state index contributed by atoms with van der Waals surface area (Å²) in [6, 6.07) is 0. The number of carbonyl (C=O) groups excluding carboxylic acids is 3. The normalized spacial score (nSPS) is 45.1. The number of ether oxygens (including phenoxy) is 1. The van der Waals surface area contributed by atoms with Gasteiger partial charge in [0.1, 0.15) is 6.61 Å². The van der Waals surface area contributed by atoms with E-state index in [1.165, 1.54) is 0 Å². The molecule has 2 N–H and O–H groups in total. The van der Waals surface area contributed by atoms with Gasteiger partial charge in [0.2, 0.25) is 5.78 Å². The van der Waals surface area contributed by atoms with Gasteiger partial charge in [-0.05, 0) is 49.7 Å². The zero-order valence-corrected chi connectivity index (χ0v) is 21.3. The van der Waals surface area contributed by atoms with Crippen molar-refractivity contribution < 1.29 is 29.3 Å². The third kappa shape index (κ3) is 3.47. The van der Waals surface area contributed by atoms with Crippen molar-refractivity contribution in [3.8, 4) is 0 Å². The van der Waals surface area contributed by atoms with Crippen molar-refractivity contribution in [2.45, 2.75) is 83.3 Å². The number of esters is 1. The molecule has 9 atom stereocenters. The summed E-state index contributed by atoms with van der Waals surface area (Å²) in [7, 11) is 0. The van der Waals surface area contributed by atoms with E-state index < -0.39 is 40.9 Å². The van der Waals surface area contributed by atoms with Gasteiger partial charge in [-0.25, -0.2) is 0 Å². The number of aliphatic hydroxyl groups is 2. The molecule has 6 nitrogen and oxygen atoms in total. The van der Waals surface area contributed by atoms with Crippen LogP contribution in [0.5, 0.6) is 0 Å². The molecule has 0 radical (unpaired) electrons. The Kier molecular flexibility index (Phi) is 6.67. The van der Waals surface area contributed by atoms with E-state index in [0.29, 0.717) is 19.3 Å². The van der Waals surface area contributed by atoms with Gasteiger partial charge in [-0.2, -0.15) is 0 Å². The Balaban J connectivity index is 1.79. The van der Waals surface area contributed by atoms with Crippen molar-refractivity contribution in [3.05, 3.63) is 23.8 Å². The second-order valence-corrected chi connectivity index (χ2v) is 11.9. The summed E-state index contributed by atoms with van der Waals surface area (Å²) < 4.78 is 6.07. The molecule has 0 amide bonds. The lowest BCUT2D eigenvalue weighted by molar-refractivity contribution is -0.205. The van der Waals surface area contributed by atoms with E-state index in [9.17, 15) is 24.6 Å². The number of aliphatic hydroxyl groups excluding tert-OH is 2. The maximum atomic E-state index is 13.4. The zero-order valence-electron chi connectivity index (χ0n) is 20.6. The predicted molar refractivity (Wildman–Crippen MR) is 128 cm³/mol. The summed E-state index contributed by atoms with van der Waals surface area (Å²) in [5, 5.41) is 21.3. The molecule has 0 aromatic heterocycles. The third-order valence-corrected chi connectivity index (χ3v) is 10.0. The fourth-order valence-electron chi connectivity index (χ4n) is 8.10. The van der Waals surface area contributed by atoms with Crippen molar-refractivity contribution in [2.24, 2.45) is 34.5 Å². The van der Waals surface area contributed by atoms with Crippen LogP contribution in [0.25, 0.3) is 0 Å². The van der Waals surface area contributed by atoms with Crippen molar-refractivity contribution >= 4 is 29.1 Å². The van der Waals surface area contributed by atoms with Gasteiger partial charge < -0.3 is 14.9 Å². The smallest absolute Gasteiger partial charge is 0.306 e. The average molecular weight is 493 g/mol. The fourth-order valence-corrected chi connectivity index (χ4v) is 8.60. The van der Waals surface area contributed by atoms with E-state index in [0.717, 1.165) is 12.0 Å². The minimum atomic E-state index is -1.50. The molecule has 4 aliphatic rings. The Bertz CT molecular complexity index is 941. The molecule has 3 fully saturated rings. The molecule has 4 aliphatic carbocycles. The maximum Gasteiger partial charge on any atom is 0.306 e. The molecule has 7 heteroatoms. The van der Waals surface area contributed by atoms with Crippen LogP contribution in [0.2, 0.25) is 0 Å². The van der Waals surface area contributed by atoms with Crippen LogP contribution >= 0.6 is 11.6 Å². The van der Waals surface area contributed by atoms with Crippen LogP contribution in [-0.4, -0.2) is 51.4 Å². The summed E-state index contributed by atoms with van der Waals surface area (Å²) in [6.45, 7) is 7.15. The summed E-state index contributed by atoms with van der Waals surface area (Å²) in [4.78, 5) is 38.3. The molecular weight excluding hydrogens is 456 g/mol. The first-order chi connectivity index (χ1) is 16.0. The van der Waals surface area contributed by atoms with Crippen LogP contribution in [0.1, 0.15) is 66.2 Å². The summed E-state index contributed by atoms with van der Waals surface area (Å²) >= 11 is 7.01. The number of carbonyl (C=O) groups is 3. The summed E-state index contributed by atoms with van der Waals surface area (Å²) in [5.41, 5.74) is -1.93. The summed E-state index contributed by atoms with van der Waals surface area (Å²) in [6.07, 6.45) is 7.40. The van der Waals surface area contributed by atoms with Crippen LogP contribution in [0.3, 0.4) is 0 Å². The van der Waals surface area contributed by atoms with E-state index in [-0.39, 0.29) is 47.7 Å². The van der Waals surface area contributed by atoms with Gasteiger partial charge >= 0.3 is 5.97 Å². The van der Waals surface area contributed by atoms with Gasteiger partial charge in [-0.15, -0.1) is 11.6 Å². The quantitative estimate of drug-likeness (QED) is 0.432. The molecule has 0 aliphatic heterocycles. The van der Waals surface area contributed by atoms with E-state index in [1.54, 1.807) is 12.2 Å². The standard InChI is InChI=1S/C27H37ClO6/c1-5-6-7-22(33)34-27(21(32)14-29)15(2)10-18-23-19(28)12-16-11-17(30)8-9-25(16,3)24(23)20(31)13-26(18,27)4/h8-9,11,15,18-20,23-24,29,31H,5-7,10,12-14H2,1-4H3/t15-,18+,19-,20+,23-,24+,25+,26+,27-/m1/s1. The van der Waals surface area contributed by atoms with E-state index >= 15 is 0 Å². The highest BCUT2D eigenvalue weighted by Crippen LogP contribution is 2.69. The topological polar surface area (TPSA) is 101 Å². The van der Waals surface area contributed by atoms with Crippen LogP contribution in [0, 0.1) is 34.5 Å². The number of halogens is 1. The molecule has 0 spiro atoms. The van der Waals surface area contributed by atoms with Gasteiger partial charge in [0.15, 0.2) is 11.4 Å². The SMILES string of the molecule is CCCCC(=O)O[C@@]1(C(=O)CO)[C@H](C)C[C@H]2[C@H]3[C@H]([C@@H](O)C[C@@]21C)[C@@]1(C)C=CC(=O)C=C1C[C@H]3Cl. The van der Waals surface area contributed by atoms with Crippen LogP contribution in [0.4, 0.5) is 0 Å². The Morgan fingerprint density at radius 2 is 2.00 bits per heavy atom. The predicted octanol–water partition coefficient (Wildman–Crippen LogP) is 3.76. The Hall–Kier alpha value is -1.50. The van der Waals surface area contributed by atoms with Crippen molar-refractivity contribution in [1.29, 1.82) is 0 Å². The highest BCUT2D eigenvalue weighted by Gasteiger charge is 2.73. The van der Waals surface area contributed by atoms with Gasteiger partial charge in [-0.1, -0.05) is 45.8 Å². The van der Waals surface area contributed by atoms with Crippen LogP contribution < -0.4 is 0 Å². The number of rotatable bonds is 6. The molecule has 34 heavy (non-hydrogen) atoms. The lowest BCUT2D eigenvalue weighted by atomic mass is 9.46. The molecule has 3 saturated carbocycles. The summed E-state index contributed by atoms with van der Waals surface area (Å²) in [5.74, 6) is -1.77. The molecule has 4 rings (SSSR count).